The van der Waals surface area contributed by atoms with E-state index in [0.717, 1.165) is 49.2 Å². The number of nitrogens with one attached hydrogen (secondary N) is 1. The number of imidazole rings is 1. The summed E-state index contributed by atoms with van der Waals surface area (Å²) in [6, 6.07) is 7.79. The standard InChI is InChI=1S/C21H28N4O2/c1-4-15-11-7-8-12-16(15)22-20(26)18-17-13-9-10-14-25(17)19(23-18)21(27)24(5-2)6-3/h7-8,11-12H,4-6,9-10,13-14H2,1-3H3,(H,22,26). The van der Waals surface area contributed by atoms with Crippen molar-refractivity contribution in [3.63, 3.8) is 0 Å². The van der Waals surface area contributed by atoms with Crippen molar-refractivity contribution in [3.05, 3.63) is 47.0 Å². The van der Waals surface area contributed by atoms with Gasteiger partial charge in [-0.05, 0) is 51.2 Å². The first-order valence-corrected chi connectivity index (χ1v) is 9.88. The molecule has 2 amide bonds. The number of nitrogens with zero attached hydrogens (tertiary/aromatic N) is 3. The highest BCUT2D eigenvalue weighted by Gasteiger charge is 2.29. The second-order valence-corrected chi connectivity index (χ2v) is 6.78. The van der Waals surface area contributed by atoms with Gasteiger partial charge in [-0.1, -0.05) is 25.1 Å². The summed E-state index contributed by atoms with van der Waals surface area (Å²) in [7, 11) is 0. The van der Waals surface area contributed by atoms with E-state index in [-0.39, 0.29) is 11.8 Å². The summed E-state index contributed by atoms with van der Waals surface area (Å²) in [6.07, 6.45) is 3.62. The molecule has 27 heavy (non-hydrogen) atoms. The lowest BCUT2D eigenvalue weighted by atomic mass is 10.1. The highest BCUT2D eigenvalue weighted by Crippen LogP contribution is 2.24. The first-order chi connectivity index (χ1) is 13.1. The average molecular weight is 368 g/mol. The third-order valence-corrected chi connectivity index (χ3v) is 5.22. The summed E-state index contributed by atoms with van der Waals surface area (Å²) >= 11 is 0. The lowest BCUT2D eigenvalue weighted by Crippen LogP contribution is -2.33. The Kier molecular flexibility index (Phi) is 5.94. The van der Waals surface area contributed by atoms with Gasteiger partial charge in [-0.15, -0.1) is 0 Å². The smallest absolute Gasteiger partial charge is 0.289 e. The largest absolute Gasteiger partial charge is 0.337 e. The van der Waals surface area contributed by atoms with Crippen molar-refractivity contribution < 1.29 is 9.59 Å². The van der Waals surface area contributed by atoms with Gasteiger partial charge in [0.2, 0.25) is 0 Å². The van der Waals surface area contributed by atoms with Crippen LogP contribution in [-0.2, 0) is 19.4 Å². The van der Waals surface area contributed by atoms with E-state index < -0.39 is 0 Å². The topological polar surface area (TPSA) is 67.2 Å². The molecule has 0 unspecified atom stereocenters. The summed E-state index contributed by atoms with van der Waals surface area (Å²) in [4.78, 5) is 32.1. The van der Waals surface area contributed by atoms with Crippen molar-refractivity contribution in [3.8, 4) is 0 Å². The maximum atomic E-state index is 13.0. The van der Waals surface area contributed by atoms with Crippen molar-refractivity contribution in [1.29, 1.82) is 0 Å². The van der Waals surface area contributed by atoms with Crippen LogP contribution in [-0.4, -0.2) is 39.4 Å². The third-order valence-electron chi connectivity index (χ3n) is 5.22. The number of amides is 2. The van der Waals surface area contributed by atoms with Crippen LogP contribution in [0.5, 0.6) is 0 Å². The summed E-state index contributed by atoms with van der Waals surface area (Å²) < 4.78 is 1.95. The van der Waals surface area contributed by atoms with Crippen LogP contribution >= 0.6 is 0 Å². The van der Waals surface area contributed by atoms with Gasteiger partial charge in [0.05, 0.1) is 5.69 Å². The van der Waals surface area contributed by atoms with Crippen LogP contribution in [0.25, 0.3) is 0 Å². The van der Waals surface area contributed by atoms with Gasteiger partial charge in [-0.2, -0.15) is 0 Å². The van der Waals surface area contributed by atoms with E-state index in [4.69, 9.17) is 0 Å². The Bertz CT molecular complexity index is 837. The number of rotatable bonds is 6. The lowest BCUT2D eigenvalue weighted by molar-refractivity contribution is 0.0754. The lowest BCUT2D eigenvalue weighted by Gasteiger charge is -2.21. The van der Waals surface area contributed by atoms with Gasteiger partial charge in [-0.3, -0.25) is 9.59 Å². The number of carbonyl (C=O) groups excluding carboxylic acids is 2. The average Bonchev–Trinajstić information content (AvgIpc) is 3.09. The molecular weight excluding hydrogens is 340 g/mol. The maximum Gasteiger partial charge on any atom is 0.289 e. The molecule has 0 bridgehead atoms. The molecule has 2 aromatic rings. The normalized spacial score (nSPS) is 13.1. The minimum atomic E-state index is -0.236. The predicted octanol–water partition coefficient (Wildman–Crippen LogP) is 3.52. The van der Waals surface area contributed by atoms with Gasteiger partial charge in [-0.25, -0.2) is 4.98 Å². The number of anilines is 1. The van der Waals surface area contributed by atoms with Crippen LogP contribution in [0.2, 0.25) is 0 Å². The first kappa shape index (κ1) is 19.1. The van der Waals surface area contributed by atoms with Crippen LogP contribution in [0, 0.1) is 0 Å². The van der Waals surface area contributed by atoms with E-state index in [9.17, 15) is 9.59 Å². The Morgan fingerprint density at radius 3 is 2.59 bits per heavy atom. The number of fused-ring (bicyclic) bond motifs is 1. The fourth-order valence-corrected chi connectivity index (χ4v) is 3.67. The van der Waals surface area contributed by atoms with Crippen molar-refractivity contribution in [1.82, 2.24) is 14.5 Å². The van der Waals surface area contributed by atoms with Crippen LogP contribution in [0.3, 0.4) is 0 Å². The molecule has 2 heterocycles. The molecule has 6 heteroatoms. The van der Waals surface area contributed by atoms with E-state index in [2.05, 4.69) is 17.2 Å². The quantitative estimate of drug-likeness (QED) is 0.848. The zero-order valence-corrected chi connectivity index (χ0v) is 16.4. The number of para-hydroxylation sites is 1. The Hall–Kier alpha value is -2.63. The van der Waals surface area contributed by atoms with Gasteiger partial charge in [0.25, 0.3) is 11.8 Å². The van der Waals surface area contributed by atoms with Crippen LogP contribution in [0.15, 0.2) is 24.3 Å². The van der Waals surface area contributed by atoms with Crippen molar-refractivity contribution >= 4 is 17.5 Å². The molecule has 0 radical (unpaired) electrons. The van der Waals surface area contributed by atoms with Gasteiger partial charge in [0.1, 0.15) is 0 Å². The minimum absolute atomic E-state index is 0.101. The van der Waals surface area contributed by atoms with E-state index in [0.29, 0.717) is 24.6 Å². The second-order valence-electron chi connectivity index (χ2n) is 6.78. The van der Waals surface area contributed by atoms with Gasteiger partial charge in [0.15, 0.2) is 11.5 Å². The molecule has 0 aliphatic carbocycles. The zero-order valence-electron chi connectivity index (χ0n) is 16.4. The number of hydrogen-bond donors (Lipinski definition) is 1. The highest BCUT2D eigenvalue weighted by atomic mass is 16.2. The number of aryl methyl sites for hydroxylation is 1. The molecular formula is C21H28N4O2. The molecule has 1 aliphatic rings. The van der Waals surface area contributed by atoms with Crippen molar-refractivity contribution in [2.45, 2.75) is 53.0 Å². The monoisotopic (exact) mass is 368 g/mol. The number of hydrogen-bond acceptors (Lipinski definition) is 3. The first-order valence-electron chi connectivity index (χ1n) is 9.88. The molecule has 0 atom stereocenters. The van der Waals surface area contributed by atoms with E-state index in [1.165, 1.54) is 0 Å². The molecule has 1 N–H and O–H groups in total. The molecule has 1 aromatic heterocycles. The SMILES string of the molecule is CCc1ccccc1NC(=O)c1nc(C(=O)N(CC)CC)n2c1CCCC2. The number of aromatic nitrogens is 2. The number of benzene rings is 1. The maximum absolute atomic E-state index is 13.0. The Morgan fingerprint density at radius 2 is 1.89 bits per heavy atom. The van der Waals surface area contributed by atoms with Gasteiger partial charge >= 0.3 is 0 Å². The van der Waals surface area contributed by atoms with Crippen LogP contribution < -0.4 is 5.32 Å². The van der Waals surface area contributed by atoms with E-state index in [1.807, 2.05) is 42.7 Å². The molecule has 3 rings (SSSR count). The predicted molar refractivity (Wildman–Crippen MR) is 106 cm³/mol. The molecule has 6 nitrogen and oxygen atoms in total. The summed E-state index contributed by atoms with van der Waals surface area (Å²) in [5.74, 6) is 0.0543. The summed E-state index contributed by atoms with van der Waals surface area (Å²) in [5.41, 5.74) is 3.15. The molecule has 0 spiro atoms. The molecule has 0 saturated carbocycles. The molecule has 144 valence electrons. The minimum Gasteiger partial charge on any atom is -0.337 e. The molecule has 1 aliphatic heterocycles. The van der Waals surface area contributed by atoms with Gasteiger partial charge < -0.3 is 14.8 Å². The fourth-order valence-electron chi connectivity index (χ4n) is 3.67. The van der Waals surface area contributed by atoms with Crippen LogP contribution in [0.4, 0.5) is 5.69 Å². The van der Waals surface area contributed by atoms with Crippen molar-refractivity contribution in [2.75, 3.05) is 18.4 Å². The third kappa shape index (κ3) is 3.75. The van der Waals surface area contributed by atoms with Crippen molar-refractivity contribution in [2.24, 2.45) is 0 Å². The van der Waals surface area contributed by atoms with Crippen LogP contribution in [0.1, 0.15) is 66.0 Å². The molecule has 0 saturated heterocycles. The Labute approximate surface area is 160 Å². The summed E-state index contributed by atoms with van der Waals surface area (Å²) in [5, 5.41) is 3.00. The highest BCUT2D eigenvalue weighted by molar-refractivity contribution is 6.05. The second kappa shape index (κ2) is 8.37. The number of carbonyl (C=O) groups is 2. The Balaban J connectivity index is 1.96. The molecule has 1 aromatic carbocycles. The Morgan fingerprint density at radius 1 is 1.15 bits per heavy atom. The van der Waals surface area contributed by atoms with Gasteiger partial charge in [0, 0.05) is 25.3 Å². The van der Waals surface area contributed by atoms with E-state index in [1.54, 1.807) is 4.90 Å². The molecule has 0 fully saturated rings. The fraction of sp³-hybridized carbons (Fsp3) is 0.476. The summed E-state index contributed by atoms with van der Waals surface area (Å²) in [6.45, 7) is 7.97. The van der Waals surface area contributed by atoms with E-state index >= 15 is 0 Å². The zero-order chi connectivity index (χ0) is 19.4.